The van der Waals surface area contributed by atoms with E-state index in [1.165, 1.54) is 23.8 Å². The summed E-state index contributed by atoms with van der Waals surface area (Å²) in [6, 6.07) is 10.7. The third-order valence-corrected chi connectivity index (χ3v) is 4.02. The molecule has 0 spiro atoms. The van der Waals surface area contributed by atoms with Gasteiger partial charge in [-0.2, -0.15) is 0 Å². The second-order valence-corrected chi connectivity index (χ2v) is 5.56. The number of fused-ring (bicyclic) bond motifs is 1. The second kappa shape index (κ2) is 5.27. The first-order valence-corrected chi connectivity index (χ1v) is 7.03. The van der Waals surface area contributed by atoms with Gasteiger partial charge < -0.3 is 5.73 Å². The van der Waals surface area contributed by atoms with Crippen LogP contribution in [0.25, 0.3) is 10.9 Å². The maximum Gasteiger partial charge on any atom is 0.0750 e. The van der Waals surface area contributed by atoms with E-state index in [-0.39, 0.29) is 6.04 Å². The maximum atomic E-state index is 6.02. The molecule has 0 radical (unpaired) electrons. The van der Waals surface area contributed by atoms with Crippen LogP contribution in [-0.4, -0.2) is 30.0 Å². The van der Waals surface area contributed by atoms with Gasteiger partial charge in [0.05, 0.1) is 5.52 Å². The van der Waals surface area contributed by atoms with Crippen LogP contribution in [-0.2, 0) is 0 Å². The van der Waals surface area contributed by atoms with E-state index < -0.39 is 0 Å². The zero-order chi connectivity index (χ0) is 13.2. The van der Waals surface area contributed by atoms with E-state index in [2.05, 4.69) is 41.2 Å². The molecule has 1 fully saturated rings. The standard InChI is InChI=1S/C16H21N3/c1-19(11-12-7-8-12)15(10-17)14-6-2-4-13-5-3-9-18-16(13)14/h2-6,9,12,15H,7-8,10-11,17H2,1H3. The number of rotatable bonds is 5. The molecule has 100 valence electrons. The van der Waals surface area contributed by atoms with Crippen LogP contribution in [0.5, 0.6) is 0 Å². The number of pyridine rings is 1. The van der Waals surface area contributed by atoms with Crippen LogP contribution >= 0.6 is 0 Å². The van der Waals surface area contributed by atoms with Crippen LogP contribution in [0.1, 0.15) is 24.4 Å². The summed E-state index contributed by atoms with van der Waals surface area (Å²) in [6.45, 7) is 1.78. The van der Waals surface area contributed by atoms with Gasteiger partial charge in [0.2, 0.25) is 0 Å². The van der Waals surface area contributed by atoms with Crippen molar-refractivity contribution < 1.29 is 0 Å². The molecule has 1 aromatic heterocycles. The summed E-state index contributed by atoms with van der Waals surface area (Å²) in [5, 5.41) is 1.19. The number of nitrogens with two attached hydrogens (primary N) is 1. The van der Waals surface area contributed by atoms with Crippen LogP contribution in [0.15, 0.2) is 36.5 Å². The normalized spacial score (nSPS) is 17.0. The Morgan fingerprint density at radius 3 is 2.84 bits per heavy atom. The fourth-order valence-corrected chi connectivity index (χ4v) is 2.78. The lowest BCUT2D eigenvalue weighted by Gasteiger charge is -2.28. The minimum atomic E-state index is 0.263. The number of likely N-dealkylation sites (N-methyl/N-ethyl adjacent to an activating group) is 1. The maximum absolute atomic E-state index is 6.02. The van der Waals surface area contributed by atoms with Crippen molar-refractivity contribution in [3.63, 3.8) is 0 Å². The van der Waals surface area contributed by atoms with Gasteiger partial charge in [-0.1, -0.05) is 24.3 Å². The summed E-state index contributed by atoms with van der Waals surface area (Å²) in [6.07, 6.45) is 4.60. The zero-order valence-electron chi connectivity index (χ0n) is 11.4. The van der Waals surface area contributed by atoms with Gasteiger partial charge in [-0.05, 0) is 37.4 Å². The number of hydrogen-bond donors (Lipinski definition) is 1. The third-order valence-electron chi connectivity index (χ3n) is 4.02. The van der Waals surface area contributed by atoms with E-state index in [0.29, 0.717) is 6.54 Å². The lowest BCUT2D eigenvalue weighted by atomic mass is 10.0. The summed E-state index contributed by atoms with van der Waals surface area (Å²) in [4.78, 5) is 6.93. The highest BCUT2D eigenvalue weighted by Crippen LogP contribution is 2.33. The summed E-state index contributed by atoms with van der Waals surface area (Å²) < 4.78 is 0. The first-order chi connectivity index (χ1) is 9.29. The molecule has 2 N–H and O–H groups in total. The molecule has 1 aliphatic carbocycles. The highest BCUT2D eigenvalue weighted by molar-refractivity contribution is 5.82. The fraction of sp³-hybridized carbons (Fsp3) is 0.438. The predicted octanol–water partition coefficient (Wildman–Crippen LogP) is 2.58. The van der Waals surface area contributed by atoms with Gasteiger partial charge in [-0.25, -0.2) is 0 Å². The molecule has 1 aromatic carbocycles. The van der Waals surface area contributed by atoms with Crippen LogP contribution in [0.3, 0.4) is 0 Å². The first kappa shape index (κ1) is 12.6. The smallest absolute Gasteiger partial charge is 0.0750 e. The molecule has 3 heteroatoms. The van der Waals surface area contributed by atoms with Crippen molar-refractivity contribution in [3.05, 3.63) is 42.1 Å². The molecule has 19 heavy (non-hydrogen) atoms. The van der Waals surface area contributed by atoms with Crippen LogP contribution in [0.4, 0.5) is 0 Å². The number of aromatic nitrogens is 1. The number of benzene rings is 1. The molecule has 1 saturated carbocycles. The van der Waals surface area contributed by atoms with Crippen LogP contribution in [0.2, 0.25) is 0 Å². The number of nitrogens with zero attached hydrogens (tertiary/aromatic N) is 2. The first-order valence-electron chi connectivity index (χ1n) is 7.03. The zero-order valence-corrected chi connectivity index (χ0v) is 11.4. The topological polar surface area (TPSA) is 42.1 Å². The van der Waals surface area contributed by atoms with Crippen molar-refractivity contribution in [2.24, 2.45) is 11.7 Å². The molecule has 0 aliphatic heterocycles. The summed E-state index contributed by atoms with van der Waals surface area (Å²) in [5.74, 6) is 0.877. The van der Waals surface area contributed by atoms with Crippen molar-refractivity contribution in [2.45, 2.75) is 18.9 Å². The van der Waals surface area contributed by atoms with Gasteiger partial charge in [0.25, 0.3) is 0 Å². The molecule has 3 rings (SSSR count). The van der Waals surface area contributed by atoms with Gasteiger partial charge in [0.15, 0.2) is 0 Å². The molecule has 1 unspecified atom stereocenters. The lowest BCUT2D eigenvalue weighted by molar-refractivity contribution is 0.241. The largest absolute Gasteiger partial charge is 0.329 e. The molecule has 2 aromatic rings. The summed E-state index contributed by atoms with van der Waals surface area (Å²) in [7, 11) is 2.18. The molecule has 1 aliphatic rings. The van der Waals surface area contributed by atoms with E-state index in [1.54, 1.807) is 0 Å². The van der Waals surface area contributed by atoms with Gasteiger partial charge in [0, 0.05) is 30.7 Å². The Kier molecular flexibility index (Phi) is 3.49. The summed E-state index contributed by atoms with van der Waals surface area (Å²) in [5.41, 5.74) is 8.36. The molecule has 1 atom stereocenters. The predicted molar refractivity (Wildman–Crippen MR) is 78.9 cm³/mol. The van der Waals surface area contributed by atoms with Crippen molar-refractivity contribution in [3.8, 4) is 0 Å². The van der Waals surface area contributed by atoms with Crippen molar-refractivity contribution in [1.29, 1.82) is 0 Å². The monoisotopic (exact) mass is 255 g/mol. The highest BCUT2D eigenvalue weighted by Gasteiger charge is 2.26. The number of hydrogen-bond acceptors (Lipinski definition) is 3. The quantitative estimate of drug-likeness (QED) is 0.893. The highest BCUT2D eigenvalue weighted by atomic mass is 15.1. The SMILES string of the molecule is CN(CC1CC1)C(CN)c1cccc2cccnc12. The number of para-hydroxylation sites is 1. The van der Waals surface area contributed by atoms with E-state index in [4.69, 9.17) is 5.73 Å². The van der Waals surface area contributed by atoms with E-state index in [0.717, 1.165) is 18.0 Å². The van der Waals surface area contributed by atoms with E-state index in [9.17, 15) is 0 Å². The Labute approximate surface area is 114 Å². The molecule has 0 bridgehead atoms. The van der Waals surface area contributed by atoms with E-state index >= 15 is 0 Å². The average Bonchev–Trinajstić information content (AvgIpc) is 3.24. The Morgan fingerprint density at radius 1 is 1.32 bits per heavy atom. The Balaban J connectivity index is 1.95. The fourth-order valence-electron chi connectivity index (χ4n) is 2.78. The molecule has 0 amide bonds. The lowest BCUT2D eigenvalue weighted by Crippen LogP contribution is -2.32. The molecule has 3 nitrogen and oxygen atoms in total. The molecule has 0 saturated heterocycles. The van der Waals surface area contributed by atoms with E-state index in [1.807, 2.05) is 12.3 Å². The van der Waals surface area contributed by atoms with Gasteiger partial charge in [-0.3, -0.25) is 9.88 Å². The molecule has 1 heterocycles. The Hall–Kier alpha value is -1.45. The van der Waals surface area contributed by atoms with Crippen molar-refractivity contribution in [1.82, 2.24) is 9.88 Å². The van der Waals surface area contributed by atoms with Crippen LogP contribution < -0.4 is 5.73 Å². The summed E-state index contributed by atoms with van der Waals surface area (Å²) >= 11 is 0. The molecular formula is C16H21N3. The minimum absolute atomic E-state index is 0.263. The van der Waals surface area contributed by atoms with Crippen molar-refractivity contribution in [2.75, 3.05) is 20.1 Å². The Morgan fingerprint density at radius 2 is 2.11 bits per heavy atom. The van der Waals surface area contributed by atoms with Gasteiger partial charge in [-0.15, -0.1) is 0 Å². The third kappa shape index (κ3) is 2.62. The van der Waals surface area contributed by atoms with Crippen molar-refractivity contribution >= 4 is 10.9 Å². The van der Waals surface area contributed by atoms with Crippen LogP contribution in [0, 0.1) is 5.92 Å². The van der Waals surface area contributed by atoms with Gasteiger partial charge in [0.1, 0.15) is 0 Å². The van der Waals surface area contributed by atoms with Gasteiger partial charge >= 0.3 is 0 Å². The Bertz CT molecular complexity index is 557. The molecular weight excluding hydrogens is 234 g/mol. The minimum Gasteiger partial charge on any atom is -0.329 e. The average molecular weight is 255 g/mol. The second-order valence-electron chi connectivity index (χ2n) is 5.56.